The molecule has 5 rings (SSSR count). The van der Waals surface area contributed by atoms with Crippen molar-refractivity contribution in [2.45, 2.75) is 45.7 Å². The van der Waals surface area contributed by atoms with Crippen molar-refractivity contribution < 1.29 is 4.79 Å². The van der Waals surface area contributed by atoms with Crippen molar-refractivity contribution in [3.63, 3.8) is 0 Å². The molecule has 0 aliphatic carbocycles. The first kappa shape index (κ1) is 20.5. The third kappa shape index (κ3) is 4.17. The topological polar surface area (TPSA) is 66.8 Å². The Morgan fingerprint density at radius 2 is 2.00 bits per heavy atom. The van der Waals surface area contributed by atoms with Gasteiger partial charge < -0.3 is 9.47 Å². The number of hydrogen-bond acceptors (Lipinski definition) is 3. The summed E-state index contributed by atoms with van der Waals surface area (Å²) in [5.41, 5.74) is 6.51. The first-order chi connectivity index (χ1) is 15.6. The molecule has 0 radical (unpaired) electrons. The van der Waals surface area contributed by atoms with Crippen LogP contribution >= 0.6 is 0 Å². The van der Waals surface area contributed by atoms with Crippen LogP contribution in [0.5, 0.6) is 0 Å². The Labute approximate surface area is 188 Å². The van der Waals surface area contributed by atoms with E-state index in [0.717, 1.165) is 48.2 Å². The summed E-state index contributed by atoms with van der Waals surface area (Å²) in [5.74, 6) is 0.724. The molecule has 4 aromatic rings. The molecule has 32 heavy (non-hydrogen) atoms. The summed E-state index contributed by atoms with van der Waals surface area (Å²) in [7, 11) is 0. The molecule has 164 valence electrons. The number of aromatic nitrogens is 4. The van der Waals surface area contributed by atoms with E-state index < -0.39 is 0 Å². The molecule has 2 atom stereocenters. The molecule has 3 aromatic heterocycles. The molecule has 6 heteroatoms. The summed E-state index contributed by atoms with van der Waals surface area (Å²) in [6.07, 6.45) is 8.18. The van der Waals surface area contributed by atoms with Crippen molar-refractivity contribution in [1.29, 1.82) is 0 Å². The van der Waals surface area contributed by atoms with Crippen LogP contribution in [-0.4, -0.2) is 43.1 Å². The first-order valence-electron chi connectivity index (χ1n) is 11.4. The second-order valence-electron chi connectivity index (χ2n) is 9.04. The van der Waals surface area contributed by atoms with Gasteiger partial charge in [-0.2, -0.15) is 5.10 Å². The zero-order chi connectivity index (χ0) is 22.1. The van der Waals surface area contributed by atoms with Crippen LogP contribution in [0.1, 0.15) is 30.9 Å². The number of carbonyl (C=O) groups excluding carboxylic acids is 1. The van der Waals surface area contributed by atoms with E-state index in [9.17, 15) is 4.79 Å². The zero-order valence-corrected chi connectivity index (χ0v) is 18.7. The largest absolute Gasteiger partial charge is 0.346 e. The van der Waals surface area contributed by atoms with Crippen LogP contribution in [0.15, 0.2) is 61.1 Å². The van der Waals surface area contributed by atoms with Gasteiger partial charge >= 0.3 is 0 Å². The Morgan fingerprint density at radius 3 is 2.78 bits per heavy atom. The number of nitrogens with zero attached hydrogens (tertiary/aromatic N) is 4. The number of rotatable bonds is 6. The second-order valence-corrected chi connectivity index (χ2v) is 9.04. The summed E-state index contributed by atoms with van der Waals surface area (Å²) < 4.78 is 2.28. The predicted octanol–water partition coefficient (Wildman–Crippen LogP) is 4.60. The molecule has 1 aliphatic rings. The van der Waals surface area contributed by atoms with Crippen molar-refractivity contribution in [2.24, 2.45) is 5.92 Å². The Morgan fingerprint density at radius 1 is 1.16 bits per heavy atom. The van der Waals surface area contributed by atoms with E-state index in [1.807, 2.05) is 12.3 Å². The lowest BCUT2D eigenvalue weighted by molar-refractivity contribution is -0.131. The number of benzene rings is 1. The van der Waals surface area contributed by atoms with Gasteiger partial charge in [0.2, 0.25) is 5.91 Å². The number of pyridine rings is 1. The van der Waals surface area contributed by atoms with E-state index >= 15 is 0 Å². The van der Waals surface area contributed by atoms with Crippen LogP contribution in [0.2, 0.25) is 0 Å². The highest BCUT2D eigenvalue weighted by Gasteiger charge is 2.32. The third-order valence-corrected chi connectivity index (χ3v) is 6.60. The molecular weight excluding hydrogens is 398 g/mol. The summed E-state index contributed by atoms with van der Waals surface area (Å²) in [5, 5.41) is 6.85. The van der Waals surface area contributed by atoms with E-state index in [2.05, 4.69) is 76.1 Å². The SMILES string of the molecule is Cc1ccc(CCC(=O)N2C[C@H](Cn3ccc4nc(-c5cn[nH]c5)ccc43)C[C@H]2C)cc1. The van der Waals surface area contributed by atoms with E-state index in [-0.39, 0.29) is 11.9 Å². The number of hydrogen-bond donors (Lipinski definition) is 1. The number of likely N-dealkylation sites (tertiary alicyclic amines) is 1. The molecule has 0 spiro atoms. The molecule has 0 unspecified atom stereocenters. The molecule has 0 bridgehead atoms. The number of amides is 1. The van der Waals surface area contributed by atoms with Gasteiger partial charge in [-0.3, -0.25) is 9.89 Å². The minimum absolute atomic E-state index is 0.268. The summed E-state index contributed by atoms with van der Waals surface area (Å²) in [6.45, 7) is 6.00. The average molecular weight is 428 g/mol. The van der Waals surface area contributed by atoms with Crippen LogP contribution in [0, 0.1) is 12.8 Å². The lowest BCUT2D eigenvalue weighted by Gasteiger charge is -2.21. The van der Waals surface area contributed by atoms with Crippen molar-refractivity contribution >= 4 is 16.9 Å². The Kier molecular flexibility index (Phi) is 5.52. The van der Waals surface area contributed by atoms with Gasteiger partial charge in [-0.05, 0) is 56.4 Å². The highest BCUT2D eigenvalue weighted by atomic mass is 16.2. The molecular formula is C26H29N5O. The Hall–Kier alpha value is -3.41. The minimum atomic E-state index is 0.268. The normalized spacial score (nSPS) is 18.5. The van der Waals surface area contributed by atoms with E-state index in [1.165, 1.54) is 11.1 Å². The maximum absolute atomic E-state index is 12.9. The van der Waals surface area contributed by atoms with Crippen molar-refractivity contribution in [1.82, 2.24) is 24.6 Å². The van der Waals surface area contributed by atoms with Gasteiger partial charge in [0, 0.05) is 43.5 Å². The number of aryl methyl sites for hydroxylation is 2. The Bertz CT molecular complexity index is 1210. The van der Waals surface area contributed by atoms with Crippen LogP contribution in [-0.2, 0) is 17.8 Å². The number of aromatic amines is 1. The lowest BCUT2D eigenvalue weighted by Crippen LogP contribution is -2.34. The first-order valence-corrected chi connectivity index (χ1v) is 11.4. The summed E-state index contributed by atoms with van der Waals surface area (Å²) in [4.78, 5) is 19.8. The van der Waals surface area contributed by atoms with Gasteiger partial charge in [0.1, 0.15) is 0 Å². The number of H-pyrrole nitrogens is 1. The van der Waals surface area contributed by atoms with Crippen LogP contribution in [0.4, 0.5) is 0 Å². The third-order valence-electron chi connectivity index (χ3n) is 6.60. The number of carbonyl (C=O) groups is 1. The quantitative estimate of drug-likeness (QED) is 0.489. The molecule has 4 heterocycles. The predicted molar refractivity (Wildman–Crippen MR) is 126 cm³/mol. The van der Waals surface area contributed by atoms with Gasteiger partial charge in [0.15, 0.2) is 0 Å². The molecule has 1 N–H and O–H groups in total. The maximum Gasteiger partial charge on any atom is 0.223 e. The molecule has 1 aromatic carbocycles. The van der Waals surface area contributed by atoms with E-state index in [1.54, 1.807) is 6.20 Å². The highest BCUT2D eigenvalue weighted by Crippen LogP contribution is 2.28. The van der Waals surface area contributed by atoms with Gasteiger partial charge in [0.25, 0.3) is 0 Å². The summed E-state index contributed by atoms with van der Waals surface area (Å²) in [6, 6.07) is 15.0. The molecule has 1 fully saturated rings. The van der Waals surface area contributed by atoms with Crippen LogP contribution in [0.3, 0.4) is 0 Å². The molecule has 1 saturated heterocycles. The van der Waals surface area contributed by atoms with E-state index in [0.29, 0.717) is 12.3 Å². The van der Waals surface area contributed by atoms with Gasteiger partial charge in [-0.1, -0.05) is 29.8 Å². The van der Waals surface area contributed by atoms with Gasteiger partial charge in [-0.15, -0.1) is 0 Å². The fourth-order valence-corrected chi connectivity index (χ4v) is 4.83. The Balaban J connectivity index is 1.22. The molecule has 1 amide bonds. The van der Waals surface area contributed by atoms with Crippen LogP contribution < -0.4 is 0 Å². The second kappa shape index (κ2) is 8.61. The summed E-state index contributed by atoms with van der Waals surface area (Å²) >= 11 is 0. The molecule has 1 aliphatic heterocycles. The average Bonchev–Trinajstić information content (AvgIpc) is 3.54. The minimum Gasteiger partial charge on any atom is -0.346 e. The van der Waals surface area contributed by atoms with Gasteiger partial charge in [-0.25, -0.2) is 4.98 Å². The van der Waals surface area contributed by atoms with Crippen molar-refractivity contribution in [3.05, 3.63) is 72.2 Å². The monoisotopic (exact) mass is 427 g/mol. The highest BCUT2D eigenvalue weighted by molar-refractivity contribution is 5.79. The smallest absolute Gasteiger partial charge is 0.223 e. The van der Waals surface area contributed by atoms with Crippen LogP contribution in [0.25, 0.3) is 22.3 Å². The van der Waals surface area contributed by atoms with Crippen molar-refractivity contribution in [2.75, 3.05) is 6.54 Å². The fourth-order valence-electron chi connectivity index (χ4n) is 4.83. The van der Waals surface area contributed by atoms with Crippen molar-refractivity contribution in [3.8, 4) is 11.3 Å². The maximum atomic E-state index is 12.9. The molecule has 6 nitrogen and oxygen atoms in total. The number of fused-ring (bicyclic) bond motifs is 1. The zero-order valence-electron chi connectivity index (χ0n) is 18.7. The standard InChI is InChI=1S/C26H29N5O/c1-18-3-5-20(6-4-18)7-10-26(32)31-17-21(13-19(31)2)16-30-12-11-24-25(30)9-8-23(29-24)22-14-27-28-15-22/h3-6,8-9,11-12,14-15,19,21H,7,10,13,16-17H2,1-2H3,(H,27,28)/t19-,21+/m1/s1. The van der Waals surface area contributed by atoms with Gasteiger partial charge in [0.05, 0.1) is 22.9 Å². The molecule has 0 saturated carbocycles. The number of nitrogens with one attached hydrogen (secondary N) is 1. The fraction of sp³-hybridized carbons (Fsp3) is 0.346. The lowest BCUT2D eigenvalue weighted by atomic mass is 10.1. The van der Waals surface area contributed by atoms with E-state index in [4.69, 9.17) is 4.98 Å².